The van der Waals surface area contributed by atoms with Gasteiger partial charge in [0.1, 0.15) is 0 Å². The van der Waals surface area contributed by atoms with Crippen molar-refractivity contribution in [1.29, 1.82) is 0 Å². The second-order valence-electron chi connectivity index (χ2n) is 4.50. The third kappa shape index (κ3) is 3.02. The molecule has 0 bridgehead atoms. The number of hydrogen-bond donors (Lipinski definition) is 1. The van der Waals surface area contributed by atoms with Gasteiger partial charge in [0.2, 0.25) is 0 Å². The van der Waals surface area contributed by atoms with Crippen molar-refractivity contribution >= 4 is 5.91 Å². The number of unbranched alkanes of at least 4 members (excludes halogenated alkanes) is 1. The van der Waals surface area contributed by atoms with Crippen LogP contribution in [0.2, 0.25) is 0 Å². The van der Waals surface area contributed by atoms with Gasteiger partial charge in [0, 0.05) is 6.54 Å². The molecule has 0 fully saturated rings. The highest BCUT2D eigenvalue weighted by molar-refractivity contribution is 5.95. The number of nitrogens with one attached hydrogen (secondary N) is 1. The van der Waals surface area contributed by atoms with Crippen LogP contribution in [-0.2, 0) is 0 Å². The summed E-state index contributed by atoms with van der Waals surface area (Å²) < 4.78 is 1.79. The van der Waals surface area contributed by atoms with Gasteiger partial charge in [-0.2, -0.15) is 5.10 Å². The minimum absolute atomic E-state index is 0.0480. The molecule has 19 heavy (non-hydrogen) atoms. The first-order valence-corrected chi connectivity index (χ1v) is 6.62. The van der Waals surface area contributed by atoms with E-state index < -0.39 is 0 Å². The highest BCUT2D eigenvalue weighted by Crippen LogP contribution is 2.13. The van der Waals surface area contributed by atoms with E-state index in [0.717, 1.165) is 24.2 Å². The van der Waals surface area contributed by atoms with Gasteiger partial charge in [-0.3, -0.25) is 4.79 Å². The van der Waals surface area contributed by atoms with Gasteiger partial charge in [-0.1, -0.05) is 31.5 Å². The number of carbonyl (C=O) groups is 1. The number of hydrogen-bond acceptors (Lipinski definition) is 2. The molecule has 2 rings (SSSR count). The molecule has 1 aromatic heterocycles. The monoisotopic (exact) mass is 257 g/mol. The van der Waals surface area contributed by atoms with Crippen LogP contribution >= 0.6 is 0 Å². The molecular weight excluding hydrogens is 238 g/mol. The molecule has 100 valence electrons. The lowest BCUT2D eigenvalue weighted by Crippen LogP contribution is -2.24. The smallest absolute Gasteiger partial charge is 0.254 e. The molecule has 0 saturated carbocycles. The number of para-hydroxylation sites is 1. The molecule has 0 atom stereocenters. The Balaban J connectivity index is 2.17. The largest absolute Gasteiger partial charge is 0.352 e. The van der Waals surface area contributed by atoms with Gasteiger partial charge in [-0.05, 0) is 25.5 Å². The molecule has 4 heteroatoms. The number of carbonyl (C=O) groups excluding carboxylic acids is 1. The molecule has 0 unspecified atom stereocenters. The Bertz CT molecular complexity index is 546. The first kappa shape index (κ1) is 13.3. The third-order valence-electron chi connectivity index (χ3n) is 3.07. The van der Waals surface area contributed by atoms with Gasteiger partial charge in [0.25, 0.3) is 5.91 Å². The van der Waals surface area contributed by atoms with Crippen LogP contribution in [0.15, 0.2) is 36.5 Å². The van der Waals surface area contributed by atoms with Gasteiger partial charge in [0.15, 0.2) is 0 Å². The predicted octanol–water partition coefficient (Wildman–Crippen LogP) is 2.71. The number of nitrogens with zero attached hydrogens (tertiary/aromatic N) is 2. The van der Waals surface area contributed by atoms with E-state index in [4.69, 9.17) is 0 Å². The molecule has 1 aromatic carbocycles. The molecule has 0 aliphatic heterocycles. The van der Waals surface area contributed by atoms with Crippen molar-refractivity contribution in [2.45, 2.75) is 26.7 Å². The van der Waals surface area contributed by atoms with E-state index in [0.29, 0.717) is 12.1 Å². The molecule has 4 nitrogen and oxygen atoms in total. The fraction of sp³-hybridized carbons (Fsp3) is 0.333. The van der Waals surface area contributed by atoms with E-state index in [9.17, 15) is 4.79 Å². The van der Waals surface area contributed by atoms with Crippen LogP contribution in [-0.4, -0.2) is 22.2 Å². The number of rotatable bonds is 5. The Labute approximate surface area is 113 Å². The summed E-state index contributed by atoms with van der Waals surface area (Å²) >= 11 is 0. The first-order chi connectivity index (χ1) is 9.24. The zero-order valence-electron chi connectivity index (χ0n) is 11.4. The average molecular weight is 257 g/mol. The summed E-state index contributed by atoms with van der Waals surface area (Å²) in [6.45, 7) is 4.73. The zero-order valence-corrected chi connectivity index (χ0v) is 11.4. The normalized spacial score (nSPS) is 10.4. The Morgan fingerprint density at radius 3 is 2.74 bits per heavy atom. The van der Waals surface area contributed by atoms with E-state index in [1.165, 1.54) is 0 Å². The molecule has 2 aromatic rings. The highest BCUT2D eigenvalue weighted by atomic mass is 16.1. The van der Waals surface area contributed by atoms with Crippen molar-refractivity contribution in [3.05, 3.63) is 47.8 Å². The fourth-order valence-corrected chi connectivity index (χ4v) is 1.94. The number of aromatic nitrogens is 2. The molecule has 0 radical (unpaired) electrons. The van der Waals surface area contributed by atoms with Crippen molar-refractivity contribution in [1.82, 2.24) is 15.1 Å². The maximum Gasteiger partial charge on any atom is 0.254 e. The van der Waals surface area contributed by atoms with Crippen LogP contribution in [0.5, 0.6) is 0 Å². The Morgan fingerprint density at radius 1 is 1.32 bits per heavy atom. The maximum absolute atomic E-state index is 12.0. The zero-order chi connectivity index (χ0) is 13.7. The molecule has 1 N–H and O–H groups in total. The van der Waals surface area contributed by atoms with Crippen molar-refractivity contribution in [2.75, 3.05) is 6.54 Å². The second-order valence-corrected chi connectivity index (χ2v) is 4.50. The van der Waals surface area contributed by atoms with Crippen LogP contribution in [0, 0.1) is 6.92 Å². The Morgan fingerprint density at radius 2 is 2.05 bits per heavy atom. The topological polar surface area (TPSA) is 46.9 Å². The van der Waals surface area contributed by atoms with Crippen molar-refractivity contribution < 1.29 is 4.79 Å². The lowest BCUT2D eigenvalue weighted by atomic mass is 10.2. The fourth-order valence-electron chi connectivity index (χ4n) is 1.94. The van der Waals surface area contributed by atoms with Crippen molar-refractivity contribution in [3.63, 3.8) is 0 Å². The third-order valence-corrected chi connectivity index (χ3v) is 3.07. The van der Waals surface area contributed by atoms with Gasteiger partial charge in [-0.15, -0.1) is 0 Å². The molecule has 0 aliphatic rings. The van der Waals surface area contributed by atoms with E-state index >= 15 is 0 Å². The first-order valence-electron chi connectivity index (χ1n) is 6.62. The Kier molecular flexibility index (Phi) is 4.34. The summed E-state index contributed by atoms with van der Waals surface area (Å²) in [5.41, 5.74) is 2.47. The van der Waals surface area contributed by atoms with Gasteiger partial charge in [0.05, 0.1) is 23.1 Å². The van der Waals surface area contributed by atoms with E-state index in [2.05, 4.69) is 17.3 Å². The van der Waals surface area contributed by atoms with Crippen LogP contribution < -0.4 is 5.32 Å². The summed E-state index contributed by atoms with van der Waals surface area (Å²) in [6.07, 6.45) is 3.70. The average Bonchev–Trinajstić information content (AvgIpc) is 2.82. The van der Waals surface area contributed by atoms with Crippen LogP contribution in [0.3, 0.4) is 0 Å². The minimum Gasteiger partial charge on any atom is -0.352 e. The maximum atomic E-state index is 12.0. The summed E-state index contributed by atoms with van der Waals surface area (Å²) in [5, 5.41) is 7.20. The van der Waals surface area contributed by atoms with E-state index in [1.54, 1.807) is 10.9 Å². The van der Waals surface area contributed by atoms with Crippen LogP contribution in [0.4, 0.5) is 0 Å². The van der Waals surface area contributed by atoms with Crippen LogP contribution in [0.1, 0.15) is 35.8 Å². The predicted molar refractivity (Wildman–Crippen MR) is 75.5 cm³/mol. The van der Waals surface area contributed by atoms with Gasteiger partial charge in [-0.25, -0.2) is 4.68 Å². The summed E-state index contributed by atoms with van der Waals surface area (Å²) in [6, 6.07) is 9.81. The minimum atomic E-state index is -0.0480. The molecule has 0 spiro atoms. The van der Waals surface area contributed by atoms with Gasteiger partial charge >= 0.3 is 0 Å². The van der Waals surface area contributed by atoms with Crippen LogP contribution in [0.25, 0.3) is 5.69 Å². The summed E-state index contributed by atoms with van der Waals surface area (Å²) in [7, 11) is 0. The highest BCUT2D eigenvalue weighted by Gasteiger charge is 2.14. The van der Waals surface area contributed by atoms with Gasteiger partial charge < -0.3 is 5.32 Å². The lowest BCUT2D eigenvalue weighted by molar-refractivity contribution is 0.0952. The SMILES string of the molecule is CCCCNC(=O)c1cnn(-c2ccccc2)c1C. The second kappa shape index (κ2) is 6.18. The van der Waals surface area contributed by atoms with Crippen molar-refractivity contribution in [3.8, 4) is 5.69 Å². The standard InChI is InChI=1S/C15H19N3O/c1-3-4-10-16-15(19)14-11-17-18(12(14)2)13-8-6-5-7-9-13/h5-9,11H,3-4,10H2,1-2H3,(H,16,19). The molecule has 1 heterocycles. The molecule has 0 saturated heterocycles. The molecular formula is C15H19N3O. The lowest BCUT2D eigenvalue weighted by Gasteiger charge is -2.06. The van der Waals surface area contributed by atoms with Crippen molar-refractivity contribution in [2.24, 2.45) is 0 Å². The summed E-state index contributed by atoms with van der Waals surface area (Å²) in [4.78, 5) is 12.0. The molecule has 0 aliphatic carbocycles. The Hall–Kier alpha value is -2.10. The number of amides is 1. The molecule has 1 amide bonds. The number of benzene rings is 1. The van der Waals surface area contributed by atoms with E-state index in [-0.39, 0.29) is 5.91 Å². The van der Waals surface area contributed by atoms with E-state index in [1.807, 2.05) is 37.3 Å². The summed E-state index contributed by atoms with van der Waals surface area (Å²) in [5.74, 6) is -0.0480. The quantitative estimate of drug-likeness (QED) is 0.837.